The maximum Gasteiger partial charge on any atom is 0.340 e. The first-order valence-corrected chi connectivity index (χ1v) is 6.43. The summed E-state index contributed by atoms with van der Waals surface area (Å²) in [4.78, 5) is 11.1. The van der Waals surface area contributed by atoms with Crippen molar-refractivity contribution >= 4 is 51.4 Å². The lowest BCUT2D eigenvalue weighted by Gasteiger charge is -2.07. The Hall–Kier alpha value is -1.30. The van der Waals surface area contributed by atoms with Gasteiger partial charge in [-0.25, -0.2) is 4.79 Å². The van der Waals surface area contributed by atoms with Gasteiger partial charge in [-0.1, -0.05) is 23.2 Å². The van der Waals surface area contributed by atoms with Gasteiger partial charge >= 0.3 is 5.97 Å². The fourth-order valence-electron chi connectivity index (χ4n) is 1.42. The smallest absolute Gasteiger partial charge is 0.340 e. The molecule has 1 aromatic heterocycles. The molecule has 0 radical (unpaired) electrons. The summed E-state index contributed by atoms with van der Waals surface area (Å²) in [6.07, 6.45) is 0. The number of aryl methyl sites for hydroxylation is 1. The van der Waals surface area contributed by atoms with Crippen molar-refractivity contribution in [3.8, 4) is 0 Å². The average Bonchev–Trinajstić information content (AvgIpc) is 2.64. The number of aromatic carboxylic acids is 1. The van der Waals surface area contributed by atoms with Gasteiger partial charge in [0, 0.05) is 5.02 Å². The molecule has 94 valence electrons. The van der Waals surface area contributed by atoms with Crippen molar-refractivity contribution in [1.82, 2.24) is 4.37 Å². The Morgan fingerprint density at radius 3 is 2.78 bits per heavy atom. The van der Waals surface area contributed by atoms with E-state index in [0.29, 0.717) is 26.4 Å². The van der Waals surface area contributed by atoms with Crippen molar-refractivity contribution in [2.75, 3.05) is 5.32 Å². The Labute approximate surface area is 117 Å². The van der Waals surface area contributed by atoms with Crippen LogP contribution in [0.25, 0.3) is 0 Å². The Kier molecular flexibility index (Phi) is 3.75. The molecular weight excluding hydrogens is 295 g/mol. The number of rotatable bonds is 3. The highest BCUT2D eigenvalue weighted by Gasteiger charge is 2.18. The minimum absolute atomic E-state index is 0.158. The maximum absolute atomic E-state index is 11.1. The number of halogens is 2. The van der Waals surface area contributed by atoms with Crippen LogP contribution in [0.1, 0.15) is 16.1 Å². The molecule has 0 fully saturated rings. The van der Waals surface area contributed by atoms with Crippen molar-refractivity contribution in [2.24, 2.45) is 0 Å². The molecule has 18 heavy (non-hydrogen) atoms. The third-order valence-electron chi connectivity index (χ3n) is 2.26. The first-order valence-electron chi connectivity index (χ1n) is 4.90. The molecule has 0 atom stereocenters. The largest absolute Gasteiger partial charge is 0.478 e. The Morgan fingerprint density at radius 2 is 2.17 bits per heavy atom. The Balaban J connectivity index is 2.37. The molecule has 2 rings (SSSR count). The van der Waals surface area contributed by atoms with Gasteiger partial charge in [0.15, 0.2) is 0 Å². The minimum Gasteiger partial charge on any atom is -0.478 e. The van der Waals surface area contributed by atoms with Crippen LogP contribution in [0, 0.1) is 6.92 Å². The topological polar surface area (TPSA) is 62.2 Å². The number of carbonyl (C=O) groups is 1. The van der Waals surface area contributed by atoms with Crippen LogP contribution in [0.15, 0.2) is 18.2 Å². The summed E-state index contributed by atoms with van der Waals surface area (Å²) in [6, 6.07) is 4.94. The average molecular weight is 303 g/mol. The van der Waals surface area contributed by atoms with Crippen molar-refractivity contribution in [3.63, 3.8) is 0 Å². The van der Waals surface area contributed by atoms with Gasteiger partial charge in [-0.2, -0.15) is 4.37 Å². The molecule has 0 aliphatic rings. The molecule has 0 saturated heterocycles. The lowest BCUT2D eigenvalue weighted by Crippen LogP contribution is -2.01. The van der Waals surface area contributed by atoms with Crippen molar-refractivity contribution in [1.29, 1.82) is 0 Å². The normalized spacial score (nSPS) is 10.4. The highest BCUT2D eigenvalue weighted by atomic mass is 35.5. The molecule has 7 heteroatoms. The van der Waals surface area contributed by atoms with Gasteiger partial charge in [-0.3, -0.25) is 0 Å². The molecule has 0 amide bonds. The van der Waals surface area contributed by atoms with Crippen LogP contribution in [-0.4, -0.2) is 15.4 Å². The van der Waals surface area contributed by atoms with E-state index in [9.17, 15) is 4.79 Å². The molecule has 2 aromatic rings. The molecule has 4 nitrogen and oxygen atoms in total. The number of nitrogens with one attached hydrogen (secondary N) is 1. The summed E-state index contributed by atoms with van der Waals surface area (Å²) in [5.74, 6) is -1.02. The van der Waals surface area contributed by atoms with E-state index >= 15 is 0 Å². The van der Waals surface area contributed by atoms with Crippen LogP contribution in [0.2, 0.25) is 10.0 Å². The zero-order valence-corrected chi connectivity index (χ0v) is 11.5. The number of aromatic nitrogens is 1. The molecule has 0 bridgehead atoms. The minimum atomic E-state index is -1.02. The van der Waals surface area contributed by atoms with Crippen LogP contribution >= 0.6 is 34.7 Å². The van der Waals surface area contributed by atoms with Crippen LogP contribution < -0.4 is 5.32 Å². The van der Waals surface area contributed by atoms with E-state index in [1.165, 1.54) is 0 Å². The van der Waals surface area contributed by atoms with E-state index in [2.05, 4.69) is 9.69 Å². The second kappa shape index (κ2) is 5.14. The molecule has 0 saturated carbocycles. The molecule has 0 aliphatic carbocycles. The van der Waals surface area contributed by atoms with Crippen LogP contribution in [0.5, 0.6) is 0 Å². The predicted molar refractivity (Wildman–Crippen MR) is 73.6 cm³/mol. The van der Waals surface area contributed by atoms with Crippen LogP contribution in [-0.2, 0) is 0 Å². The second-order valence-electron chi connectivity index (χ2n) is 3.53. The molecule has 0 spiro atoms. The summed E-state index contributed by atoms with van der Waals surface area (Å²) >= 11 is 12.9. The van der Waals surface area contributed by atoms with Gasteiger partial charge in [0.05, 0.1) is 16.4 Å². The van der Waals surface area contributed by atoms with E-state index < -0.39 is 5.97 Å². The highest BCUT2D eigenvalue weighted by Crippen LogP contribution is 2.32. The molecule has 0 aliphatic heterocycles. The van der Waals surface area contributed by atoms with E-state index in [1.54, 1.807) is 25.1 Å². The third kappa shape index (κ3) is 2.58. The molecule has 0 unspecified atom stereocenters. The van der Waals surface area contributed by atoms with Gasteiger partial charge in [-0.15, -0.1) is 0 Å². The second-order valence-corrected chi connectivity index (χ2v) is 5.14. The van der Waals surface area contributed by atoms with Crippen molar-refractivity contribution < 1.29 is 9.90 Å². The quantitative estimate of drug-likeness (QED) is 0.892. The van der Waals surface area contributed by atoms with E-state index in [4.69, 9.17) is 28.3 Å². The zero-order chi connectivity index (χ0) is 13.3. The number of carboxylic acid groups (broad SMARTS) is 1. The summed E-state index contributed by atoms with van der Waals surface area (Å²) < 4.78 is 4.01. The summed E-state index contributed by atoms with van der Waals surface area (Å²) in [7, 11) is 0. The third-order valence-corrected chi connectivity index (χ3v) is 3.66. The molecule has 1 aromatic carbocycles. The number of carboxylic acids is 1. The SMILES string of the molecule is Cc1nsc(Nc2ccc(Cl)cc2Cl)c1C(=O)O. The van der Waals surface area contributed by atoms with Gasteiger partial charge in [0.25, 0.3) is 0 Å². The first kappa shape index (κ1) is 13.1. The number of hydrogen-bond donors (Lipinski definition) is 2. The summed E-state index contributed by atoms with van der Waals surface area (Å²) in [5, 5.41) is 13.4. The van der Waals surface area contributed by atoms with Crippen molar-refractivity contribution in [3.05, 3.63) is 39.5 Å². The number of nitrogens with zero attached hydrogens (tertiary/aromatic N) is 1. The van der Waals surface area contributed by atoms with Gasteiger partial charge < -0.3 is 10.4 Å². The van der Waals surface area contributed by atoms with Gasteiger partial charge in [-0.05, 0) is 36.7 Å². The Bertz CT molecular complexity index is 613. The predicted octanol–water partition coefficient (Wildman–Crippen LogP) is 4.20. The fourth-order valence-corrected chi connectivity index (χ4v) is 2.68. The van der Waals surface area contributed by atoms with E-state index in [1.807, 2.05) is 0 Å². The summed E-state index contributed by atoms with van der Waals surface area (Å²) in [5.41, 5.74) is 1.22. The number of anilines is 2. The summed E-state index contributed by atoms with van der Waals surface area (Å²) in [6.45, 7) is 1.65. The number of hydrogen-bond acceptors (Lipinski definition) is 4. The van der Waals surface area contributed by atoms with Gasteiger partial charge in [0.2, 0.25) is 0 Å². The van der Waals surface area contributed by atoms with E-state index in [0.717, 1.165) is 11.5 Å². The van der Waals surface area contributed by atoms with E-state index in [-0.39, 0.29) is 5.56 Å². The fraction of sp³-hybridized carbons (Fsp3) is 0.0909. The molecular formula is C11H8Cl2N2O2S. The lowest BCUT2D eigenvalue weighted by atomic mass is 10.2. The lowest BCUT2D eigenvalue weighted by molar-refractivity contribution is 0.0697. The monoisotopic (exact) mass is 302 g/mol. The number of benzene rings is 1. The molecule has 1 heterocycles. The maximum atomic E-state index is 11.1. The Morgan fingerprint density at radius 1 is 1.44 bits per heavy atom. The molecule has 2 N–H and O–H groups in total. The van der Waals surface area contributed by atoms with Crippen LogP contribution in [0.4, 0.5) is 10.7 Å². The highest BCUT2D eigenvalue weighted by molar-refractivity contribution is 7.10. The van der Waals surface area contributed by atoms with Crippen LogP contribution in [0.3, 0.4) is 0 Å². The van der Waals surface area contributed by atoms with Crippen molar-refractivity contribution in [2.45, 2.75) is 6.92 Å². The first-order chi connectivity index (χ1) is 8.49. The van der Waals surface area contributed by atoms with Gasteiger partial charge in [0.1, 0.15) is 10.6 Å². The standard InChI is InChI=1S/C11H8Cl2N2O2S/c1-5-9(11(16)17)10(18-15-5)14-8-3-2-6(12)4-7(8)13/h2-4,14H,1H3,(H,16,17). The zero-order valence-electron chi connectivity index (χ0n) is 9.20.